The fraction of sp³-hybridized carbons (Fsp3) is 0.870. The van der Waals surface area contributed by atoms with E-state index in [4.69, 9.17) is 0 Å². The molecule has 152 valence electrons. The van der Waals surface area contributed by atoms with Crippen LogP contribution in [0, 0.1) is 0 Å². The first-order valence-corrected chi connectivity index (χ1v) is 11.4. The Labute approximate surface area is 163 Å². The maximum Gasteiger partial charge on any atom is 0.183 e. The third-order valence-electron chi connectivity index (χ3n) is 6.01. The molecule has 1 heterocycles. The Morgan fingerprint density at radius 1 is 0.923 bits per heavy atom. The van der Waals surface area contributed by atoms with Crippen LogP contribution in [0.15, 0.2) is 17.1 Å². The summed E-state index contributed by atoms with van der Waals surface area (Å²) in [5.41, 5.74) is 0. The Kier molecular flexibility index (Phi) is 13.8. The van der Waals surface area contributed by atoms with Crippen molar-refractivity contribution in [2.45, 2.75) is 103 Å². The van der Waals surface area contributed by atoms with Gasteiger partial charge in [0.15, 0.2) is 6.17 Å². The average Bonchev–Trinajstić information content (AvgIpc) is 3.05. The van der Waals surface area contributed by atoms with Gasteiger partial charge in [0.25, 0.3) is 0 Å². The molecule has 1 rings (SSSR count). The van der Waals surface area contributed by atoms with Gasteiger partial charge in [-0.3, -0.25) is 4.48 Å². The van der Waals surface area contributed by atoms with Crippen molar-refractivity contribution in [2.75, 3.05) is 26.2 Å². The minimum Gasteiger partial charge on any atom is -0.391 e. The average molecular weight is 366 g/mol. The van der Waals surface area contributed by atoms with Gasteiger partial charge in [-0.1, -0.05) is 76.9 Å². The zero-order valence-corrected chi connectivity index (χ0v) is 17.7. The molecule has 0 aromatic carbocycles. The Morgan fingerprint density at radius 2 is 1.54 bits per heavy atom. The molecule has 3 heteroatoms. The van der Waals surface area contributed by atoms with E-state index in [-0.39, 0.29) is 6.61 Å². The SMILES string of the molecule is CCCCCCCCCCCC/C=C/CCC1N=CC[N+]1(CC)CCO. The van der Waals surface area contributed by atoms with Crippen LogP contribution in [0.25, 0.3) is 0 Å². The van der Waals surface area contributed by atoms with Gasteiger partial charge < -0.3 is 5.11 Å². The summed E-state index contributed by atoms with van der Waals surface area (Å²) in [6.07, 6.45) is 24.7. The summed E-state index contributed by atoms with van der Waals surface area (Å²) in [6, 6.07) is 0. The van der Waals surface area contributed by atoms with Crippen molar-refractivity contribution in [2.24, 2.45) is 4.99 Å². The summed E-state index contributed by atoms with van der Waals surface area (Å²) in [6.45, 7) is 7.66. The van der Waals surface area contributed by atoms with E-state index >= 15 is 0 Å². The van der Waals surface area contributed by atoms with Gasteiger partial charge in [-0.25, -0.2) is 4.99 Å². The smallest absolute Gasteiger partial charge is 0.183 e. The lowest BCUT2D eigenvalue weighted by Crippen LogP contribution is -2.53. The van der Waals surface area contributed by atoms with E-state index in [1.807, 2.05) is 0 Å². The molecule has 0 spiro atoms. The number of likely N-dealkylation sites (N-methyl/N-ethyl adjacent to an activating group) is 1. The summed E-state index contributed by atoms with van der Waals surface area (Å²) in [5, 5.41) is 9.35. The molecular weight excluding hydrogens is 320 g/mol. The molecule has 0 amide bonds. The monoisotopic (exact) mass is 365 g/mol. The van der Waals surface area contributed by atoms with Crippen molar-refractivity contribution in [3.8, 4) is 0 Å². The summed E-state index contributed by atoms with van der Waals surface area (Å²) in [4.78, 5) is 4.68. The van der Waals surface area contributed by atoms with Crippen molar-refractivity contribution in [1.29, 1.82) is 0 Å². The van der Waals surface area contributed by atoms with Gasteiger partial charge in [-0.2, -0.15) is 0 Å². The minimum atomic E-state index is 0.266. The molecule has 0 bridgehead atoms. The Morgan fingerprint density at radius 3 is 2.15 bits per heavy atom. The summed E-state index contributed by atoms with van der Waals surface area (Å²) in [5.74, 6) is 0. The molecule has 0 aromatic heterocycles. The third kappa shape index (κ3) is 9.32. The lowest BCUT2D eigenvalue weighted by atomic mass is 10.1. The van der Waals surface area contributed by atoms with Gasteiger partial charge in [0.2, 0.25) is 0 Å². The summed E-state index contributed by atoms with van der Waals surface area (Å²) < 4.78 is 0.947. The molecule has 0 fully saturated rings. The van der Waals surface area contributed by atoms with E-state index in [9.17, 15) is 5.11 Å². The third-order valence-corrected chi connectivity index (χ3v) is 6.01. The lowest BCUT2D eigenvalue weighted by Gasteiger charge is -2.37. The van der Waals surface area contributed by atoms with Crippen LogP contribution < -0.4 is 0 Å². The van der Waals surface area contributed by atoms with Crippen molar-refractivity contribution in [1.82, 2.24) is 0 Å². The first kappa shape index (κ1) is 23.4. The maximum atomic E-state index is 9.35. The van der Waals surface area contributed by atoms with E-state index < -0.39 is 0 Å². The quantitative estimate of drug-likeness (QED) is 0.195. The van der Waals surface area contributed by atoms with Crippen LogP contribution in [-0.2, 0) is 0 Å². The number of rotatable bonds is 17. The maximum absolute atomic E-state index is 9.35. The van der Waals surface area contributed by atoms with E-state index in [0.29, 0.717) is 6.17 Å². The highest BCUT2D eigenvalue weighted by Gasteiger charge is 2.36. The molecule has 1 aliphatic rings. The fourth-order valence-electron chi connectivity index (χ4n) is 4.11. The number of nitrogens with zero attached hydrogens (tertiary/aromatic N) is 2. The van der Waals surface area contributed by atoms with Crippen molar-refractivity contribution in [3.63, 3.8) is 0 Å². The molecule has 1 N–H and O–H groups in total. The van der Waals surface area contributed by atoms with Crippen molar-refractivity contribution < 1.29 is 9.59 Å². The molecule has 1 aliphatic heterocycles. The van der Waals surface area contributed by atoms with Crippen LogP contribution in [0.4, 0.5) is 0 Å². The standard InChI is InChI=1S/C23H45N2O/c1-3-5-6-7-8-9-10-11-12-13-14-15-16-17-18-23-24-19-20-25(23,4-2)21-22-26/h15-16,19,23,26H,3-14,17-18,20-22H2,1-2H3/q+1/b16-15+. The molecule has 0 aromatic rings. The van der Waals surface area contributed by atoms with Gasteiger partial charge in [0.1, 0.15) is 13.1 Å². The van der Waals surface area contributed by atoms with Crippen LogP contribution in [0.1, 0.15) is 97.3 Å². The summed E-state index contributed by atoms with van der Waals surface area (Å²) >= 11 is 0. The molecular formula is C23H45N2O+. The largest absolute Gasteiger partial charge is 0.391 e. The van der Waals surface area contributed by atoms with Gasteiger partial charge in [0.05, 0.1) is 19.4 Å². The minimum absolute atomic E-state index is 0.266. The molecule has 0 radical (unpaired) electrons. The van der Waals surface area contributed by atoms with Crippen LogP contribution in [0.5, 0.6) is 0 Å². The Bertz CT molecular complexity index is 380. The molecule has 26 heavy (non-hydrogen) atoms. The topological polar surface area (TPSA) is 32.6 Å². The highest BCUT2D eigenvalue weighted by atomic mass is 16.3. The number of unbranched alkanes of at least 4 members (excludes halogenated alkanes) is 10. The second-order valence-corrected chi connectivity index (χ2v) is 8.00. The second kappa shape index (κ2) is 15.4. The number of aliphatic hydroxyl groups is 1. The number of quaternary nitrogens is 1. The molecule has 2 unspecified atom stereocenters. The van der Waals surface area contributed by atoms with E-state index in [2.05, 4.69) is 37.2 Å². The Hall–Kier alpha value is -0.670. The van der Waals surface area contributed by atoms with Crippen molar-refractivity contribution >= 4 is 6.21 Å². The predicted octanol–water partition coefficient (Wildman–Crippen LogP) is 5.87. The lowest BCUT2D eigenvalue weighted by molar-refractivity contribution is -0.936. The number of aliphatic hydroxyl groups excluding tert-OH is 1. The number of aliphatic imine (C=N–C) groups is 1. The zero-order chi connectivity index (χ0) is 18.9. The molecule has 0 saturated heterocycles. The van der Waals surface area contributed by atoms with Gasteiger partial charge in [0, 0.05) is 6.42 Å². The second-order valence-electron chi connectivity index (χ2n) is 8.00. The van der Waals surface area contributed by atoms with E-state index in [1.165, 1.54) is 70.6 Å². The normalized spacial score (nSPS) is 22.7. The number of allylic oxidation sites excluding steroid dienone is 2. The van der Waals surface area contributed by atoms with Crippen LogP contribution in [0.3, 0.4) is 0 Å². The zero-order valence-electron chi connectivity index (χ0n) is 17.7. The number of hydrogen-bond donors (Lipinski definition) is 1. The fourth-order valence-corrected chi connectivity index (χ4v) is 4.11. The van der Waals surface area contributed by atoms with Crippen LogP contribution in [0.2, 0.25) is 0 Å². The highest BCUT2D eigenvalue weighted by molar-refractivity contribution is 5.60. The highest BCUT2D eigenvalue weighted by Crippen LogP contribution is 2.23. The molecule has 0 saturated carbocycles. The van der Waals surface area contributed by atoms with E-state index in [1.54, 1.807) is 0 Å². The number of hydrogen-bond acceptors (Lipinski definition) is 2. The van der Waals surface area contributed by atoms with Crippen LogP contribution in [-0.4, -0.2) is 48.2 Å². The summed E-state index contributed by atoms with van der Waals surface area (Å²) in [7, 11) is 0. The van der Waals surface area contributed by atoms with Gasteiger partial charge in [-0.15, -0.1) is 0 Å². The first-order chi connectivity index (χ1) is 12.8. The van der Waals surface area contributed by atoms with Gasteiger partial charge in [-0.05, 0) is 26.2 Å². The van der Waals surface area contributed by atoms with Crippen molar-refractivity contribution in [3.05, 3.63) is 12.2 Å². The first-order valence-electron chi connectivity index (χ1n) is 11.4. The molecule has 2 atom stereocenters. The Balaban J connectivity index is 1.97. The van der Waals surface area contributed by atoms with Gasteiger partial charge >= 0.3 is 0 Å². The van der Waals surface area contributed by atoms with Crippen LogP contribution >= 0.6 is 0 Å². The molecule has 0 aliphatic carbocycles. The predicted molar refractivity (Wildman–Crippen MR) is 115 cm³/mol. The van der Waals surface area contributed by atoms with E-state index in [0.717, 1.165) is 37.0 Å². The molecule has 3 nitrogen and oxygen atoms in total.